The van der Waals surface area contributed by atoms with Crippen molar-refractivity contribution >= 4 is 17.7 Å². The molecule has 6 nitrogen and oxygen atoms in total. The van der Waals surface area contributed by atoms with E-state index in [4.69, 9.17) is 15.0 Å². The number of amides is 1. The third-order valence-electron chi connectivity index (χ3n) is 2.42. The first-order valence-corrected chi connectivity index (χ1v) is 6.27. The monoisotopic (exact) mass is 293 g/mol. The summed E-state index contributed by atoms with van der Waals surface area (Å²) in [6, 6.07) is 5.30. The second-order valence-corrected chi connectivity index (χ2v) is 5.43. The lowest BCUT2D eigenvalue weighted by Crippen LogP contribution is -2.27. The maximum Gasteiger partial charge on any atom is 0.412 e. The molecule has 21 heavy (non-hydrogen) atoms. The number of nitrogens with two attached hydrogens (primary N) is 1. The van der Waals surface area contributed by atoms with Crippen LogP contribution in [0, 0.1) is 5.82 Å². The summed E-state index contributed by atoms with van der Waals surface area (Å²) < 4.78 is 23.3. The molecule has 0 spiro atoms. The summed E-state index contributed by atoms with van der Waals surface area (Å²) >= 11 is 0. The van der Waals surface area contributed by atoms with Crippen LogP contribution < -0.4 is 11.1 Å². The Morgan fingerprint density at radius 2 is 2.10 bits per heavy atom. The molecule has 0 aliphatic heterocycles. The summed E-state index contributed by atoms with van der Waals surface area (Å²) in [7, 11) is 0. The number of ether oxygens (including phenoxy) is 1. The van der Waals surface area contributed by atoms with E-state index in [0.29, 0.717) is 16.9 Å². The lowest BCUT2D eigenvalue weighted by Gasteiger charge is -2.20. The maximum absolute atomic E-state index is 13.4. The number of carbonyl (C=O) groups is 1. The molecule has 0 bridgehead atoms. The van der Waals surface area contributed by atoms with Crippen LogP contribution in [-0.2, 0) is 4.74 Å². The summed E-state index contributed by atoms with van der Waals surface area (Å²) in [4.78, 5) is 11.8. The Morgan fingerprint density at radius 3 is 2.67 bits per heavy atom. The SMILES string of the molecule is CC(C)(C)OC(=O)Nc1ccc(F)cc1-c1cc(N)on1. The van der Waals surface area contributed by atoms with E-state index in [-0.39, 0.29) is 5.88 Å². The third kappa shape index (κ3) is 3.95. The van der Waals surface area contributed by atoms with Crippen LogP contribution in [-0.4, -0.2) is 16.9 Å². The molecule has 0 radical (unpaired) electrons. The van der Waals surface area contributed by atoms with E-state index in [1.807, 2.05) is 0 Å². The molecule has 2 aromatic rings. The van der Waals surface area contributed by atoms with Gasteiger partial charge in [0.2, 0.25) is 5.88 Å². The van der Waals surface area contributed by atoms with Crippen LogP contribution in [0.3, 0.4) is 0 Å². The lowest BCUT2D eigenvalue weighted by atomic mass is 10.1. The first-order valence-electron chi connectivity index (χ1n) is 6.27. The Balaban J connectivity index is 2.30. The van der Waals surface area contributed by atoms with Gasteiger partial charge in [-0.15, -0.1) is 0 Å². The van der Waals surface area contributed by atoms with Gasteiger partial charge in [-0.25, -0.2) is 9.18 Å². The highest BCUT2D eigenvalue weighted by molar-refractivity contribution is 5.91. The summed E-state index contributed by atoms with van der Waals surface area (Å²) in [5.41, 5.74) is 5.83. The summed E-state index contributed by atoms with van der Waals surface area (Å²) in [5.74, 6) is -0.376. The highest BCUT2D eigenvalue weighted by Gasteiger charge is 2.18. The van der Waals surface area contributed by atoms with E-state index in [1.54, 1.807) is 20.8 Å². The van der Waals surface area contributed by atoms with Gasteiger partial charge in [0.15, 0.2) is 0 Å². The molecular formula is C14H16FN3O3. The van der Waals surface area contributed by atoms with Crippen LogP contribution in [0.2, 0.25) is 0 Å². The standard InChI is InChI=1S/C14H16FN3O3/c1-14(2,3)20-13(19)17-10-5-4-8(15)6-9(10)11-7-12(16)21-18-11/h4-7H,16H2,1-3H3,(H,17,19). The summed E-state index contributed by atoms with van der Waals surface area (Å²) in [6.07, 6.45) is -0.646. The Bertz CT molecular complexity index is 662. The van der Waals surface area contributed by atoms with Gasteiger partial charge in [-0.2, -0.15) is 0 Å². The number of carbonyl (C=O) groups excluding carboxylic acids is 1. The zero-order valence-electron chi connectivity index (χ0n) is 11.9. The normalized spacial score (nSPS) is 11.2. The predicted octanol–water partition coefficient (Wildman–Crippen LogP) is 3.41. The number of nitrogen functional groups attached to an aromatic ring is 1. The number of hydrogen-bond acceptors (Lipinski definition) is 5. The lowest BCUT2D eigenvalue weighted by molar-refractivity contribution is 0.0636. The van der Waals surface area contributed by atoms with Crippen molar-refractivity contribution in [2.45, 2.75) is 26.4 Å². The van der Waals surface area contributed by atoms with E-state index in [9.17, 15) is 9.18 Å². The molecule has 0 saturated heterocycles. The van der Waals surface area contributed by atoms with Gasteiger partial charge in [0.1, 0.15) is 17.1 Å². The Labute approximate surface area is 121 Å². The molecule has 112 valence electrons. The number of hydrogen-bond donors (Lipinski definition) is 2. The summed E-state index contributed by atoms with van der Waals surface area (Å²) in [6.45, 7) is 5.24. The quantitative estimate of drug-likeness (QED) is 0.885. The van der Waals surface area contributed by atoms with Gasteiger partial charge >= 0.3 is 6.09 Å². The minimum Gasteiger partial charge on any atom is -0.444 e. The molecule has 0 fully saturated rings. The minimum atomic E-state index is -0.646. The van der Waals surface area contributed by atoms with Crippen molar-refractivity contribution in [1.29, 1.82) is 0 Å². The van der Waals surface area contributed by atoms with Gasteiger partial charge in [0.05, 0.1) is 5.69 Å². The first-order chi connectivity index (χ1) is 9.74. The number of nitrogens with one attached hydrogen (secondary N) is 1. The second kappa shape index (κ2) is 5.43. The van der Waals surface area contributed by atoms with Crippen LogP contribution in [0.4, 0.5) is 20.8 Å². The fraction of sp³-hybridized carbons (Fsp3) is 0.286. The van der Waals surface area contributed by atoms with Crippen LogP contribution in [0.5, 0.6) is 0 Å². The number of halogens is 1. The highest BCUT2D eigenvalue weighted by atomic mass is 19.1. The number of benzene rings is 1. The molecule has 3 N–H and O–H groups in total. The largest absolute Gasteiger partial charge is 0.444 e. The van der Waals surface area contributed by atoms with Crippen LogP contribution >= 0.6 is 0 Å². The molecule has 7 heteroatoms. The number of aromatic nitrogens is 1. The van der Waals surface area contributed by atoms with Crippen LogP contribution in [0.25, 0.3) is 11.3 Å². The van der Waals surface area contributed by atoms with Crippen LogP contribution in [0.1, 0.15) is 20.8 Å². The summed E-state index contributed by atoms with van der Waals surface area (Å²) in [5, 5.41) is 6.26. The second-order valence-electron chi connectivity index (χ2n) is 5.43. The fourth-order valence-electron chi connectivity index (χ4n) is 1.67. The first kappa shape index (κ1) is 14.8. The van der Waals surface area contributed by atoms with Crippen molar-refractivity contribution in [3.05, 3.63) is 30.1 Å². The smallest absolute Gasteiger partial charge is 0.412 e. The van der Waals surface area contributed by atoms with Gasteiger partial charge < -0.3 is 15.0 Å². The van der Waals surface area contributed by atoms with Gasteiger partial charge in [0, 0.05) is 11.6 Å². The molecule has 1 aromatic heterocycles. The molecule has 0 saturated carbocycles. The van der Waals surface area contributed by atoms with Crippen molar-refractivity contribution in [2.24, 2.45) is 0 Å². The van der Waals surface area contributed by atoms with Crippen molar-refractivity contribution < 1.29 is 18.4 Å². The average Bonchev–Trinajstić information content (AvgIpc) is 2.75. The molecule has 0 aliphatic rings. The zero-order chi connectivity index (χ0) is 15.6. The Morgan fingerprint density at radius 1 is 1.38 bits per heavy atom. The molecule has 0 atom stereocenters. The molecule has 0 aliphatic carbocycles. The molecule has 0 unspecified atom stereocenters. The zero-order valence-corrected chi connectivity index (χ0v) is 11.9. The Kier molecular flexibility index (Phi) is 3.84. The molecular weight excluding hydrogens is 277 g/mol. The average molecular weight is 293 g/mol. The molecule has 1 heterocycles. The van der Waals surface area contributed by atoms with Crippen LogP contribution in [0.15, 0.2) is 28.8 Å². The molecule has 2 rings (SSSR count). The molecule has 1 amide bonds. The van der Waals surface area contributed by atoms with E-state index < -0.39 is 17.5 Å². The number of anilines is 2. The number of rotatable bonds is 2. The van der Waals surface area contributed by atoms with E-state index >= 15 is 0 Å². The van der Waals surface area contributed by atoms with E-state index in [2.05, 4.69) is 10.5 Å². The van der Waals surface area contributed by atoms with Gasteiger partial charge in [-0.3, -0.25) is 5.32 Å². The van der Waals surface area contributed by atoms with Crippen molar-refractivity contribution in [3.8, 4) is 11.3 Å². The Hall–Kier alpha value is -2.57. The van der Waals surface area contributed by atoms with Crippen molar-refractivity contribution in [3.63, 3.8) is 0 Å². The van der Waals surface area contributed by atoms with Crippen molar-refractivity contribution in [1.82, 2.24) is 5.16 Å². The van der Waals surface area contributed by atoms with E-state index in [1.165, 1.54) is 24.3 Å². The predicted molar refractivity (Wildman–Crippen MR) is 76.2 cm³/mol. The highest BCUT2D eigenvalue weighted by Crippen LogP contribution is 2.29. The van der Waals surface area contributed by atoms with Crippen molar-refractivity contribution in [2.75, 3.05) is 11.1 Å². The van der Waals surface area contributed by atoms with Gasteiger partial charge in [-0.05, 0) is 39.0 Å². The third-order valence-corrected chi connectivity index (χ3v) is 2.42. The van der Waals surface area contributed by atoms with Gasteiger partial charge in [0.25, 0.3) is 0 Å². The minimum absolute atomic E-state index is 0.0949. The topological polar surface area (TPSA) is 90.4 Å². The fourth-order valence-corrected chi connectivity index (χ4v) is 1.67. The van der Waals surface area contributed by atoms with Gasteiger partial charge in [-0.1, -0.05) is 5.16 Å². The molecule has 1 aromatic carbocycles. The maximum atomic E-state index is 13.4. The number of nitrogens with zero attached hydrogens (tertiary/aromatic N) is 1. The van der Waals surface area contributed by atoms with E-state index in [0.717, 1.165) is 0 Å².